The lowest BCUT2D eigenvalue weighted by Crippen LogP contribution is -2.44. The van der Waals surface area contributed by atoms with E-state index in [9.17, 15) is 9.59 Å². The molecule has 1 aliphatic rings. The monoisotopic (exact) mass is 367 g/mol. The second-order valence-electron chi connectivity index (χ2n) is 6.76. The van der Waals surface area contributed by atoms with Crippen LogP contribution in [0.5, 0.6) is 0 Å². The maximum absolute atomic E-state index is 12.6. The average Bonchev–Trinajstić information content (AvgIpc) is 2.71. The van der Waals surface area contributed by atoms with Gasteiger partial charge >= 0.3 is 0 Å². The van der Waals surface area contributed by atoms with Crippen molar-refractivity contribution in [3.05, 3.63) is 59.7 Å². The first-order chi connectivity index (χ1) is 13.1. The van der Waals surface area contributed by atoms with Gasteiger partial charge in [-0.25, -0.2) is 0 Å². The highest BCUT2D eigenvalue weighted by atomic mass is 16.5. The van der Waals surface area contributed by atoms with Crippen molar-refractivity contribution in [3.63, 3.8) is 0 Å². The van der Waals surface area contributed by atoms with Crippen LogP contribution in [0, 0.1) is 12.8 Å². The predicted molar refractivity (Wildman–Crippen MR) is 106 cm³/mol. The SMILES string of the molecule is Cc1c(NC(=O)c2ccccc2)cccc1NC(=O)C(N)C1CCOCC1. The normalized spacial score (nSPS) is 15.8. The second-order valence-corrected chi connectivity index (χ2v) is 6.76. The van der Waals surface area contributed by atoms with Gasteiger partial charge in [-0.2, -0.15) is 0 Å². The summed E-state index contributed by atoms with van der Waals surface area (Å²) in [7, 11) is 0. The number of anilines is 2. The summed E-state index contributed by atoms with van der Waals surface area (Å²) in [5.74, 6) is -0.280. The molecule has 142 valence electrons. The summed E-state index contributed by atoms with van der Waals surface area (Å²) < 4.78 is 5.33. The van der Waals surface area contributed by atoms with Crippen LogP contribution in [-0.2, 0) is 9.53 Å². The summed E-state index contributed by atoms with van der Waals surface area (Å²) in [6.07, 6.45) is 1.58. The van der Waals surface area contributed by atoms with E-state index in [1.165, 1.54) is 0 Å². The highest BCUT2D eigenvalue weighted by Crippen LogP contribution is 2.25. The van der Waals surface area contributed by atoms with Gasteiger partial charge in [0.15, 0.2) is 0 Å². The summed E-state index contributed by atoms with van der Waals surface area (Å²) >= 11 is 0. The Kier molecular flexibility index (Phi) is 6.21. The largest absolute Gasteiger partial charge is 0.381 e. The third-order valence-electron chi connectivity index (χ3n) is 4.95. The van der Waals surface area contributed by atoms with Gasteiger partial charge in [-0.05, 0) is 55.5 Å². The van der Waals surface area contributed by atoms with Crippen molar-refractivity contribution >= 4 is 23.2 Å². The fourth-order valence-corrected chi connectivity index (χ4v) is 3.20. The average molecular weight is 367 g/mol. The molecule has 2 aromatic rings. The van der Waals surface area contributed by atoms with E-state index in [1.54, 1.807) is 18.2 Å². The van der Waals surface area contributed by atoms with Gasteiger partial charge in [0, 0.05) is 30.2 Å². The van der Waals surface area contributed by atoms with E-state index in [2.05, 4.69) is 10.6 Å². The third-order valence-corrected chi connectivity index (χ3v) is 4.95. The Hall–Kier alpha value is -2.70. The lowest BCUT2D eigenvalue weighted by atomic mass is 9.92. The molecule has 0 saturated carbocycles. The van der Waals surface area contributed by atoms with Crippen molar-refractivity contribution in [1.29, 1.82) is 0 Å². The molecule has 3 rings (SSSR count). The van der Waals surface area contributed by atoms with Gasteiger partial charge in [-0.15, -0.1) is 0 Å². The van der Waals surface area contributed by atoms with Crippen molar-refractivity contribution < 1.29 is 14.3 Å². The molecule has 1 fully saturated rings. The maximum atomic E-state index is 12.6. The number of ether oxygens (including phenoxy) is 1. The van der Waals surface area contributed by atoms with Crippen molar-refractivity contribution in [2.24, 2.45) is 11.7 Å². The number of benzene rings is 2. The summed E-state index contributed by atoms with van der Waals surface area (Å²) in [5, 5.41) is 5.80. The number of rotatable bonds is 5. The molecule has 0 bridgehead atoms. The summed E-state index contributed by atoms with van der Waals surface area (Å²) in [4.78, 5) is 24.9. The van der Waals surface area contributed by atoms with Crippen LogP contribution in [-0.4, -0.2) is 31.1 Å². The zero-order chi connectivity index (χ0) is 19.2. The number of carbonyl (C=O) groups is 2. The van der Waals surface area contributed by atoms with Gasteiger partial charge in [-0.3, -0.25) is 9.59 Å². The van der Waals surface area contributed by atoms with Gasteiger partial charge in [0.05, 0.1) is 6.04 Å². The Balaban J connectivity index is 1.69. The van der Waals surface area contributed by atoms with Crippen LogP contribution in [0.2, 0.25) is 0 Å². The lowest BCUT2D eigenvalue weighted by molar-refractivity contribution is -0.119. The van der Waals surface area contributed by atoms with Crippen LogP contribution < -0.4 is 16.4 Å². The fourth-order valence-electron chi connectivity index (χ4n) is 3.20. The lowest BCUT2D eigenvalue weighted by Gasteiger charge is -2.27. The minimum absolute atomic E-state index is 0.125. The summed E-state index contributed by atoms with van der Waals surface area (Å²) in [5.41, 5.74) is 8.81. The Labute approximate surface area is 159 Å². The van der Waals surface area contributed by atoms with E-state index in [1.807, 2.05) is 37.3 Å². The first kappa shape index (κ1) is 19.1. The van der Waals surface area contributed by atoms with Crippen LogP contribution in [0.3, 0.4) is 0 Å². The Morgan fingerprint density at radius 3 is 2.30 bits per heavy atom. The van der Waals surface area contributed by atoms with E-state index in [0.717, 1.165) is 18.4 Å². The van der Waals surface area contributed by atoms with Crippen molar-refractivity contribution in [3.8, 4) is 0 Å². The zero-order valence-electron chi connectivity index (χ0n) is 15.4. The molecule has 0 aromatic heterocycles. The molecule has 6 heteroatoms. The van der Waals surface area contributed by atoms with Gasteiger partial charge in [0.25, 0.3) is 5.91 Å². The number of hydrogen-bond donors (Lipinski definition) is 3. The van der Waals surface area contributed by atoms with E-state index in [-0.39, 0.29) is 17.7 Å². The first-order valence-corrected chi connectivity index (χ1v) is 9.16. The summed E-state index contributed by atoms with van der Waals surface area (Å²) in [6, 6.07) is 13.8. The van der Waals surface area contributed by atoms with Crippen molar-refractivity contribution in [2.45, 2.75) is 25.8 Å². The minimum Gasteiger partial charge on any atom is -0.381 e. The molecule has 4 N–H and O–H groups in total. The highest BCUT2D eigenvalue weighted by Gasteiger charge is 2.27. The Bertz CT molecular complexity index is 802. The smallest absolute Gasteiger partial charge is 0.255 e. The van der Waals surface area contributed by atoms with Crippen molar-refractivity contribution in [1.82, 2.24) is 0 Å². The Morgan fingerprint density at radius 1 is 1.00 bits per heavy atom. The topological polar surface area (TPSA) is 93.5 Å². The molecule has 1 atom stereocenters. The molecular weight excluding hydrogens is 342 g/mol. The van der Waals surface area contributed by atoms with E-state index in [0.29, 0.717) is 30.2 Å². The molecule has 0 radical (unpaired) electrons. The molecule has 6 nitrogen and oxygen atoms in total. The van der Waals surface area contributed by atoms with Gasteiger partial charge in [-0.1, -0.05) is 24.3 Å². The van der Waals surface area contributed by atoms with Gasteiger partial charge in [0.1, 0.15) is 0 Å². The molecule has 1 saturated heterocycles. The quantitative estimate of drug-likeness (QED) is 0.757. The third kappa shape index (κ3) is 4.72. The molecule has 1 aliphatic heterocycles. The first-order valence-electron chi connectivity index (χ1n) is 9.16. The van der Waals surface area contributed by atoms with Crippen LogP contribution in [0.25, 0.3) is 0 Å². The molecular formula is C21H25N3O3. The van der Waals surface area contributed by atoms with Gasteiger partial charge < -0.3 is 21.1 Å². The summed E-state index contributed by atoms with van der Waals surface area (Å²) in [6.45, 7) is 3.15. The minimum atomic E-state index is -0.573. The molecule has 2 amide bonds. The van der Waals surface area contributed by atoms with Crippen molar-refractivity contribution in [2.75, 3.05) is 23.8 Å². The number of hydrogen-bond acceptors (Lipinski definition) is 4. The van der Waals surface area contributed by atoms with E-state index < -0.39 is 6.04 Å². The number of nitrogens with one attached hydrogen (secondary N) is 2. The maximum Gasteiger partial charge on any atom is 0.255 e. The number of carbonyl (C=O) groups excluding carboxylic acids is 2. The van der Waals surface area contributed by atoms with Crippen LogP contribution in [0.1, 0.15) is 28.8 Å². The standard InChI is InChI=1S/C21H25N3O3/c1-14-17(23-20(25)16-6-3-2-4-7-16)8-5-9-18(14)24-21(26)19(22)15-10-12-27-13-11-15/h2-9,15,19H,10-13,22H2,1H3,(H,23,25)(H,24,26). The van der Waals surface area contributed by atoms with E-state index >= 15 is 0 Å². The second kappa shape index (κ2) is 8.79. The van der Waals surface area contributed by atoms with Crippen LogP contribution in [0.4, 0.5) is 11.4 Å². The fraction of sp³-hybridized carbons (Fsp3) is 0.333. The molecule has 0 aliphatic carbocycles. The molecule has 27 heavy (non-hydrogen) atoms. The number of amides is 2. The van der Waals surface area contributed by atoms with Crippen LogP contribution in [0.15, 0.2) is 48.5 Å². The molecule has 1 heterocycles. The molecule has 2 aromatic carbocycles. The van der Waals surface area contributed by atoms with E-state index in [4.69, 9.17) is 10.5 Å². The molecule has 1 unspecified atom stereocenters. The Morgan fingerprint density at radius 2 is 1.63 bits per heavy atom. The number of nitrogens with two attached hydrogens (primary N) is 1. The molecule has 0 spiro atoms. The zero-order valence-corrected chi connectivity index (χ0v) is 15.4. The van der Waals surface area contributed by atoms with Gasteiger partial charge in [0.2, 0.25) is 5.91 Å². The van der Waals surface area contributed by atoms with Crippen LogP contribution >= 0.6 is 0 Å². The highest BCUT2D eigenvalue weighted by molar-refractivity contribution is 6.05. The predicted octanol–water partition coefficient (Wildman–Crippen LogP) is 2.94.